The lowest BCUT2D eigenvalue weighted by Gasteiger charge is -2.44. The molecular formula is C27H29FN4O2. The van der Waals surface area contributed by atoms with Gasteiger partial charge in [-0.3, -0.25) is 9.69 Å². The van der Waals surface area contributed by atoms with Gasteiger partial charge < -0.3 is 10.1 Å². The van der Waals surface area contributed by atoms with Crippen LogP contribution in [0.1, 0.15) is 30.4 Å². The number of likely N-dealkylation sites (tertiary alicyclic amines) is 1. The van der Waals surface area contributed by atoms with E-state index < -0.39 is 0 Å². The minimum absolute atomic E-state index is 0.0293. The normalized spacial score (nSPS) is 19.9. The smallest absolute Gasteiger partial charge is 0.159 e. The number of methoxy groups -OCH3 is 1. The molecule has 1 aliphatic heterocycles. The summed E-state index contributed by atoms with van der Waals surface area (Å²) in [6.45, 7) is 3.71. The average Bonchev–Trinajstić information content (AvgIpc) is 3.19. The molecule has 0 spiro atoms. The number of fused-ring (bicyclic) bond motifs is 2. The van der Waals surface area contributed by atoms with E-state index in [-0.39, 0.29) is 18.0 Å². The summed E-state index contributed by atoms with van der Waals surface area (Å²) >= 11 is 0. The maximum absolute atomic E-state index is 13.7. The van der Waals surface area contributed by atoms with Crippen LogP contribution in [-0.2, 0) is 11.2 Å². The van der Waals surface area contributed by atoms with Crippen molar-refractivity contribution in [2.75, 3.05) is 25.5 Å². The molecule has 6 nitrogen and oxygen atoms in total. The first-order valence-corrected chi connectivity index (χ1v) is 11.8. The number of carbonyl (C=O) groups excluding carboxylic acids is 1. The van der Waals surface area contributed by atoms with Gasteiger partial charge in [0.2, 0.25) is 0 Å². The van der Waals surface area contributed by atoms with E-state index in [9.17, 15) is 9.18 Å². The molecule has 176 valence electrons. The molecule has 1 N–H and O–H groups in total. The van der Waals surface area contributed by atoms with Crippen LogP contribution in [0.3, 0.4) is 0 Å². The molecule has 34 heavy (non-hydrogen) atoms. The first-order valence-electron chi connectivity index (χ1n) is 11.8. The van der Waals surface area contributed by atoms with E-state index in [0.717, 1.165) is 41.7 Å². The molecule has 2 aromatic carbocycles. The maximum atomic E-state index is 13.7. The Balaban J connectivity index is 1.33. The number of benzene rings is 2. The Labute approximate surface area is 198 Å². The highest BCUT2D eigenvalue weighted by molar-refractivity contribution is 5.96. The first-order chi connectivity index (χ1) is 16.5. The topological polar surface area (TPSA) is 67.4 Å². The SMILES string of the molecule is COc1cc2ncnc(Nc3ccc(F)c(C)c3)c2cc1CC(=O)/C=C/CN1CC2CCCC21. The zero-order chi connectivity index (χ0) is 23.7. The molecule has 1 aliphatic carbocycles. The molecule has 2 heterocycles. The van der Waals surface area contributed by atoms with Gasteiger partial charge in [-0.05, 0) is 61.6 Å². The predicted molar refractivity (Wildman–Crippen MR) is 131 cm³/mol. The van der Waals surface area contributed by atoms with Crippen LogP contribution in [0.5, 0.6) is 5.75 Å². The van der Waals surface area contributed by atoms with Crippen molar-refractivity contribution in [3.05, 3.63) is 65.8 Å². The average molecular weight is 461 g/mol. The van der Waals surface area contributed by atoms with E-state index in [1.807, 2.05) is 18.2 Å². The molecular weight excluding hydrogens is 431 g/mol. The monoisotopic (exact) mass is 460 g/mol. The molecule has 2 fully saturated rings. The van der Waals surface area contributed by atoms with Gasteiger partial charge in [-0.25, -0.2) is 14.4 Å². The number of aryl methyl sites for hydroxylation is 1. The van der Waals surface area contributed by atoms with Gasteiger partial charge in [0.05, 0.1) is 12.6 Å². The third-order valence-electron chi connectivity index (χ3n) is 7.02. The number of allylic oxidation sites excluding steroid dienone is 1. The van der Waals surface area contributed by atoms with Gasteiger partial charge in [-0.1, -0.05) is 12.5 Å². The standard InChI is InChI=1S/C27H29FN4O2/c1-17-11-20(8-9-23(17)28)31-27-22-13-19(26(34-2)14-24(22)29-16-30-27)12-21(33)6-4-10-32-15-18-5-3-7-25(18)32/h4,6,8-9,11,13-14,16,18,25H,3,5,7,10,12,15H2,1-2H3,(H,29,30,31)/b6-4+. The third-order valence-corrected chi connectivity index (χ3v) is 7.02. The lowest BCUT2D eigenvalue weighted by molar-refractivity contribution is -0.114. The van der Waals surface area contributed by atoms with Gasteiger partial charge in [0.1, 0.15) is 23.7 Å². The highest BCUT2D eigenvalue weighted by Crippen LogP contribution is 2.38. The Morgan fingerprint density at radius 1 is 1.26 bits per heavy atom. The Bertz CT molecular complexity index is 1260. The van der Waals surface area contributed by atoms with Crippen molar-refractivity contribution in [2.24, 2.45) is 5.92 Å². The van der Waals surface area contributed by atoms with Crippen molar-refractivity contribution >= 4 is 28.2 Å². The first kappa shape index (κ1) is 22.5. The highest BCUT2D eigenvalue weighted by Gasteiger charge is 2.40. The minimum atomic E-state index is -0.256. The van der Waals surface area contributed by atoms with Crippen LogP contribution >= 0.6 is 0 Å². The maximum Gasteiger partial charge on any atom is 0.159 e. The molecule has 3 aromatic rings. The third kappa shape index (κ3) is 4.53. The summed E-state index contributed by atoms with van der Waals surface area (Å²) in [4.78, 5) is 23.9. The number of ketones is 1. The molecule has 0 amide bonds. The predicted octanol–water partition coefficient (Wildman–Crippen LogP) is 4.98. The fourth-order valence-electron chi connectivity index (χ4n) is 5.20. The van der Waals surface area contributed by atoms with Crippen LogP contribution in [0.15, 0.2) is 48.8 Å². The summed E-state index contributed by atoms with van der Waals surface area (Å²) in [5, 5.41) is 4.02. The second-order valence-corrected chi connectivity index (χ2v) is 9.25. The molecule has 2 atom stereocenters. The highest BCUT2D eigenvalue weighted by atomic mass is 19.1. The summed E-state index contributed by atoms with van der Waals surface area (Å²) in [5.74, 6) is 1.85. The van der Waals surface area contributed by atoms with Crippen LogP contribution in [0.2, 0.25) is 0 Å². The van der Waals surface area contributed by atoms with Crippen molar-refractivity contribution in [1.29, 1.82) is 0 Å². The second-order valence-electron chi connectivity index (χ2n) is 9.25. The van der Waals surface area contributed by atoms with Crippen molar-refractivity contribution < 1.29 is 13.9 Å². The lowest BCUT2D eigenvalue weighted by Crippen LogP contribution is -2.52. The molecule has 0 radical (unpaired) electrons. The summed E-state index contributed by atoms with van der Waals surface area (Å²) in [7, 11) is 1.59. The zero-order valence-corrected chi connectivity index (χ0v) is 19.6. The van der Waals surface area contributed by atoms with Gasteiger partial charge in [-0.2, -0.15) is 0 Å². The molecule has 1 saturated heterocycles. The summed E-state index contributed by atoms with van der Waals surface area (Å²) < 4.78 is 19.2. The van der Waals surface area contributed by atoms with E-state index >= 15 is 0 Å². The number of halogens is 1. The van der Waals surface area contributed by atoms with E-state index in [1.54, 1.807) is 32.2 Å². The number of anilines is 2. The van der Waals surface area contributed by atoms with Gasteiger partial charge in [0, 0.05) is 48.3 Å². The largest absolute Gasteiger partial charge is 0.496 e. The van der Waals surface area contributed by atoms with Crippen LogP contribution in [0.25, 0.3) is 10.9 Å². The molecule has 2 aliphatic rings. The molecule has 7 heteroatoms. The number of nitrogens with one attached hydrogen (secondary N) is 1. The van der Waals surface area contributed by atoms with Crippen LogP contribution in [0, 0.1) is 18.7 Å². The van der Waals surface area contributed by atoms with Gasteiger partial charge in [-0.15, -0.1) is 0 Å². The van der Waals surface area contributed by atoms with E-state index in [1.165, 1.54) is 31.7 Å². The number of hydrogen-bond donors (Lipinski definition) is 1. The van der Waals surface area contributed by atoms with Crippen LogP contribution in [0.4, 0.5) is 15.9 Å². The molecule has 0 bridgehead atoms. The number of ether oxygens (including phenoxy) is 1. The Morgan fingerprint density at radius 3 is 2.94 bits per heavy atom. The number of rotatable bonds is 8. The summed E-state index contributed by atoms with van der Waals surface area (Å²) in [6.07, 6.45) is 9.34. The van der Waals surface area contributed by atoms with E-state index in [2.05, 4.69) is 20.2 Å². The van der Waals surface area contributed by atoms with Crippen LogP contribution in [-0.4, -0.2) is 46.9 Å². The Morgan fingerprint density at radius 2 is 2.15 bits per heavy atom. The summed E-state index contributed by atoms with van der Waals surface area (Å²) in [5.41, 5.74) is 2.75. The van der Waals surface area contributed by atoms with Crippen molar-refractivity contribution in [1.82, 2.24) is 14.9 Å². The Hall–Kier alpha value is -3.32. The minimum Gasteiger partial charge on any atom is -0.496 e. The van der Waals surface area contributed by atoms with Crippen LogP contribution < -0.4 is 10.1 Å². The number of hydrogen-bond acceptors (Lipinski definition) is 6. The molecule has 1 saturated carbocycles. The Kier molecular flexibility index (Phi) is 6.28. The van der Waals surface area contributed by atoms with E-state index in [4.69, 9.17) is 4.74 Å². The zero-order valence-electron chi connectivity index (χ0n) is 19.6. The lowest BCUT2D eigenvalue weighted by atomic mass is 9.92. The molecule has 2 unspecified atom stereocenters. The van der Waals surface area contributed by atoms with Gasteiger partial charge >= 0.3 is 0 Å². The summed E-state index contributed by atoms with van der Waals surface area (Å²) in [6, 6.07) is 9.26. The fraction of sp³-hybridized carbons (Fsp3) is 0.370. The second kappa shape index (κ2) is 9.50. The number of aromatic nitrogens is 2. The van der Waals surface area contributed by atoms with E-state index in [0.29, 0.717) is 22.6 Å². The molecule has 1 aromatic heterocycles. The van der Waals surface area contributed by atoms with Gasteiger partial charge in [0.25, 0.3) is 0 Å². The fourth-order valence-corrected chi connectivity index (χ4v) is 5.20. The van der Waals surface area contributed by atoms with Crippen molar-refractivity contribution in [2.45, 2.75) is 38.6 Å². The number of nitrogens with zero attached hydrogens (tertiary/aromatic N) is 3. The number of carbonyl (C=O) groups is 1. The quantitative estimate of drug-likeness (QED) is 0.478. The van der Waals surface area contributed by atoms with Gasteiger partial charge in [0.15, 0.2) is 5.78 Å². The molecule has 5 rings (SSSR count). The van der Waals surface area contributed by atoms with Crippen molar-refractivity contribution in [3.8, 4) is 5.75 Å². The van der Waals surface area contributed by atoms with Crippen molar-refractivity contribution in [3.63, 3.8) is 0 Å².